The van der Waals surface area contributed by atoms with Crippen molar-refractivity contribution < 1.29 is 9.53 Å². The molecule has 1 atom stereocenters. The van der Waals surface area contributed by atoms with Crippen LogP contribution in [0.15, 0.2) is 4.99 Å². The van der Waals surface area contributed by atoms with Gasteiger partial charge in [0.25, 0.3) is 0 Å². The van der Waals surface area contributed by atoms with E-state index in [2.05, 4.69) is 15.6 Å². The van der Waals surface area contributed by atoms with Gasteiger partial charge < -0.3 is 15.4 Å². The molecule has 0 aromatic rings. The Hall–Kier alpha value is -1.26. The Morgan fingerprint density at radius 1 is 1.56 bits per heavy atom. The molecule has 0 spiro atoms. The Kier molecular flexibility index (Phi) is 5.08. The number of esters is 1. The molecule has 1 heterocycles. The molecule has 0 amide bonds. The van der Waals surface area contributed by atoms with E-state index in [1.165, 1.54) is 0 Å². The minimum atomic E-state index is -0.168. The highest BCUT2D eigenvalue weighted by Gasteiger charge is 2.16. The van der Waals surface area contributed by atoms with E-state index in [9.17, 15) is 4.79 Å². The van der Waals surface area contributed by atoms with Crippen molar-refractivity contribution in [3.8, 4) is 0 Å². The normalized spacial score (nSPS) is 17.4. The monoisotopic (exact) mass is 227 g/mol. The standard InChI is InChI=1S/C11H21N3O2/c1-8(2)16-10(15)9(3)7-14-11-12-5-4-6-13-11/h8-9H,4-7H2,1-3H3,(H2,12,13,14). The molecule has 0 bridgehead atoms. The molecule has 92 valence electrons. The van der Waals surface area contributed by atoms with Gasteiger partial charge in [-0.2, -0.15) is 0 Å². The first kappa shape index (κ1) is 12.8. The molecule has 0 aromatic heterocycles. The fraction of sp³-hybridized carbons (Fsp3) is 0.818. The number of carbonyl (C=O) groups excluding carboxylic acids is 1. The van der Waals surface area contributed by atoms with Crippen LogP contribution in [0, 0.1) is 5.92 Å². The van der Waals surface area contributed by atoms with Crippen LogP contribution in [0.3, 0.4) is 0 Å². The number of hydrogen-bond acceptors (Lipinski definition) is 5. The molecule has 1 rings (SSSR count). The third-order valence-corrected chi connectivity index (χ3v) is 2.23. The third kappa shape index (κ3) is 4.51. The fourth-order valence-corrected chi connectivity index (χ4v) is 1.33. The zero-order valence-corrected chi connectivity index (χ0v) is 10.2. The molecule has 1 aliphatic heterocycles. The SMILES string of the molecule is CC(C)OC(=O)C(C)CNC1=NCCCN1. The number of aliphatic imine (C=N–C) groups is 1. The summed E-state index contributed by atoms with van der Waals surface area (Å²) in [5.41, 5.74) is 0. The molecule has 16 heavy (non-hydrogen) atoms. The first-order chi connectivity index (χ1) is 7.59. The number of rotatable bonds is 4. The van der Waals surface area contributed by atoms with Crippen molar-refractivity contribution in [1.29, 1.82) is 0 Å². The summed E-state index contributed by atoms with van der Waals surface area (Å²) >= 11 is 0. The second-order valence-corrected chi connectivity index (χ2v) is 4.28. The number of carbonyl (C=O) groups is 1. The zero-order chi connectivity index (χ0) is 12.0. The Balaban J connectivity index is 2.25. The Labute approximate surface area is 96.7 Å². The van der Waals surface area contributed by atoms with Crippen LogP contribution in [0.1, 0.15) is 27.2 Å². The van der Waals surface area contributed by atoms with E-state index < -0.39 is 0 Å². The number of nitrogens with one attached hydrogen (secondary N) is 2. The second kappa shape index (κ2) is 6.35. The maximum Gasteiger partial charge on any atom is 0.310 e. The average Bonchev–Trinajstić information content (AvgIpc) is 2.26. The second-order valence-electron chi connectivity index (χ2n) is 4.28. The van der Waals surface area contributed by atoms with Crippen molar-refractivity contribution in [1.82, 2.24) is 10.6 Å². The highest BCUT2D eigenvalue weighted by atomic mass is 16.5. The topological polar surface area (TPSA) is 62.7 Å². The molecule has 0 fully saturated rings. The lowest BCUT2D eigenvalue weighted by Crippen LogP contribution is -2.43. The third-order valence-electron chi connectivity index (χ3n) is 2.23. The minimum absolute atomic E-state index is 0.0555. The van der Waals surface area contributed by atoms with E-state index in [0.29, 0.717) is 6.54 Å². The number of hydrogen-bond donors (Lipinski definition) is 2. The summed E-state index contributed by atoms with van der Waals surface area (Å²) in [6, 6.07) is 0. The smallest absolute Gasteiger partial charge is 0.310 e. The van der Waals surface area contributed by atoms with E-state index in [1.54, 1.807) is 0 Å². The van der Waals surface area contributed by atoms with Crippen molar-refractivity contribution in [3.05, 3.63) is 0 Å². The first-order valence-electron chi connectivity index (χ1n) is 5.82. The quantitative estimate of drug-likeness (QED) is 0.687. The van der Waals surface area contributed by atoms with Crippen LogP contribution in [0.25, 0.3) is 0 Å². The van der Waals surface area contributed by atoms with Crippen molar-refractivity contribution in [3.63, 3.8) is 0 Å². The van der Waals surface area contributed by atoms with Crippen LogP contribution in [0.2, 0.25) is 0 Å². The number of guanidine groups is 1. The molecule has 0 saturated heterocycles. The molecule has 0 aromatic carbocycles. The lowest BCUT2D eigenvalue weighted by atomic mass is 10.2. The van der Waals surface area contributed by atoms with Gasteiger partial charge in [0.2, 0.25) is 0 Å². The Morgan fingerprint density at radius 3 is 2.88 bits per heavy atom. The van der Waals surface area contributed by atoms with Gasteiger partial charge in [-0.3, -0.25) is 9.79 Å². The van der Waals surface area contributed by atoms with Gasteiger partial charge in [-0.05, 0) is 20.3 Å². The summed E-state index contributed by atoms with van der Waals surface area (Å²) in [5, 5.41) is 6.25. The van der Waals surface area contributed by atoms with E-state index >= 15 is 0 Å². The summed E-state index contributed by atoms with van der Waals surface area (Å²) in [6.07, 6.45) is 1.01. The van der Waals surface area contributed by atoms with Gasteiger partial charge in [-0.15, -0.1) is 0 Å². The van der Waals surface area contributed by atoms with Gasteiger partial charge in [0.05, 0.1) is 12.0 Å². The molecular formula is C11H21N3O2. The summed E-state index contributed by atoms with van der Waals surface area (Å²) in [6.45, 7) is 7.89. The highest BCUT2D eigenvalue weighted by Crippen LogP contribution is 2.00. The molecule has 2 N–H and O–H groups in total. The van der Waals surface area contributed by atoms with Crippen LogP contribution in [0.4, 0.5) is 0 Å². The summed E-state index contributed by atoms with van der Waals surface area (Å²) < 4.78 is 5.11. The Bertz CT molecular complexity index is 264. The van der Waals surface area contributed by atoms with Gasteiger partial charge in [0.1, 0.15) is 0 Å². The number of nitrogens with zero attached hydrogens (tertiary/aromatic N) is 1. The minimum Gasteiger partial charge on any atom is -0.463 e. The van der Waals surface area contributed by atoms with E-state index in [-0.39, 0.29) is 18.0 Å². The maximum atomic E-state index is 11.5. The molecule has 5 nitrogen and oxygen atoms in total. The van der Waals surface area contributed by atoms with Crippen molar-refractivity contribution in [2.24, 2.45) is 10.9 Å². The first-order valence-corrected chi connectivity index (χ1v) is 5.82. The molecular weight excluding hydrogens is 206 g/mol. The summed E-state index contributed by atoms with van der Waals surface area (Å²) in [4.78, 5) is 15.8. The van der Waals surface area contributed by atoms with Crippen LogP contribution < -0.4 is 10.6 Å². The zero-order valence-electron chi connectivity index (χ0n) is 10.2. The largest absolute Gasteiger partial charge is 0.463 e. The summed E-state index contributed by atoms with van der Waals surface area (Å²) in [7, 11) is 0. The Morgan fingerprint density at radius 2 is 2.31 bits per heavy atom. The lowest BCUT2D eigenvalue weighted by Gasteiger charge is -2.18. The molecule has 0 saturated carbocycles. The number of ether oxygens (including phenoxy) is 1. The van der Waals surface area contributed by atoms with Crippen LogP contribution in [-0.4, -0.2) is 37.7 Å². The predicted octanol–water partition coefficient (Wildman–Crippen LogP) is 0.513. The van der Waals surface area contributed by atoms with Gasteiger partial charge in [-0.25, -0.2) is 0 Å². The lowest BCUT2D eigenvalue weighted by molar-refractivity contribution is -0.151. The molecule has 1 unspecified atom stereocenters. The molecule has 0 aliphatic carbocycles. The van der Waals surface area contributed by atoms with Crippen LogP contribution in [-0.2, 0) is 9.53 Å². The maximum absolute atomic E-state index is 11.5. The molecule has 1 aliphatic rings. The van der Waals surface area contributed by atoms with Crippen molar-refractivity contribution in [2.45, 2.75) is 33.3 Å². The van der Waals surface area contributed by atoms with E-state index in [1.807, 2.05) is 20.8 Å². The van der Waals surface area contributed by atoms with E-state index in [4.69, 9.17) is 4.74 Å². The van der Waals surface area contributed by atoms with Gasteiger partial charge in [-0.1, -0.05) is 6.92 Å². The average molecular weight is 227 g/mol. The van der Waals surface area contributed by atoms with Crippen molar-refractivity contribution in [2.75, 3.05) is 19.6 Å². The van der Waals surface area contributed by atoms with Gasteiger partial charge in [0, 0.05) is 19.6 Å². The van der Waals surface area contributed by atoms with Gasteiger partial charge >= 0.3 is 5.97 Å². The molecule has 5 heteroatoms. The fourth-order valence-electron chi connectivity index (χ4n) is 1.33. The summed E-state index contributed by atoms with van der Waals surface area (Å²) in [5.74, 6) is 0.461. The van der Waals surface area contributed by atoms with E-state index in [0.717, 1.165) is 25.5 Å². The van der Waals surface area contributed by atoms with Crippen LogP contribution >= 0.6 is 0 Å². The van der Waals surface area contributed by atoms with Gasteiger partial charge in [0.15, 0.2) is 5.96 Å². The highest BCUT2D eigenvalue weighted by molar-refractivity contribution is 5.81. The predicted molar refractivity (Wildman–Crippen MR) is 63.3 cm³/mol. The molecule has 0 radical (unpaired) electrons. The van der Waals surface area contributed by atoms with Crippen molar-refractivity contribution >= 4 is 11.9 Å². The van der Waals surface area contributed by atoms with Crippen LogP contribution in [0.5, 0.6) is 0 Å².